The van der Waals surface area contributed by atoms with Gasteiger partial charge in [-0.3, -0.25) is 5.43 Å². The van der Waals surface area contributed by atoms with Crippen molar-refractivity contribution in [3.63, 3.8) is 0 Å². The zero-order valence-electron chi connectivity index (χ0n) is 11.8. The fourth-order valence-corrected chi connectivity index (χ4v) is 3.92. The van der Waals surface area contributed by atoms with E-state index in [1.165, 1.54) is 32.1 Å². The highest BCUT2D eigenvalue weighted by Crippen LogP contribution is 2.33. The van der Waals surface area contributed by atoms with Gasteiger partial charge in [-0.25, -0.2) is 10.8 Å². The number of hydrogen-bond acceptors (Lipinski definition) is 6. The molecule has 2 heterocycles. The largest absolute Gasteiger partial charge is 0.353 e. The number of hydrazine groups is 1. The van der Waals surface area contributed by atoms with Crippen molar-refractivity contribution in [2.24, 2.45) is 5.84 Å². The highest BCUT2D eigenvalue weighted by Gasteiger charge is 2.23. The molecule has 1 aliphatic carbocycles. The second-order valence-corrected chi connectivity index (χ2v) is 6.14. The molecule has 0 bridgehead atoms. The molecule has 0 radical (unpaired) electrons. The van der Waals surface area contributed by atoms with Crippen LogP contribution in [0.2, 0.25) is 0 Å². The van der Waals surface area contributed by atoms with Crippen molar-refractivity contribution < 1.29 is 0 Å². The average Bonchev–Trinajstić information content (AvgIpc) is 2.97. The number of fused-ring (bicyclic) bond motifs is 1. The van der Waals surface area contributed by atoms with Crippen LogP contribution in [0, 0.1) is 0 Å². The maximum absolute atomic E-state index is 5.51. The van der Waals surface area contributed by atoms with E-state index in [9.17, 15) is 0 Å². The molecule has 5 nitrogen and oxygen atoms in total. The van der Waals surface area contributed by atoms with E-state index in [0.29, 0.717) is 12.0 Å². The normalized spacial score (nSPS) is 16.5. The van der Waals surface area contributed by atoms with Gasteiger partial charge in [0.15, 0.2) is 5.82 Å². The molecule has 1 aliphatic rings. The Bertz CT molecular complexity index is 576. The maximum atomic E-state index is 5.51. The van der Waals surface area contributed by atoms with Gasteiger partial charge < -0.3 is 4.90 Å². The Kier molecular flexibility index (Phi) is 4.03. The van der Waals surface area contributed by atoms with Crippen LogP contribution in [0.3, 0.4) is 0 Å². The SMILES string of the molecule is CCN(c1nc(NN)nc2ccsc12)C1CCCCC1. The van der Waals surface area contributed by atoms with Crippen molar-refractivity contribution in [3.05, 3.63) is 11.4 Å². The summed E-state index contributed by atoms with van der Waals surface area (Å²) in [5, 5.41) is 2.07. The van der Waals surface area contributed by atoms with Gasteiger partial charge >= 0.3 is 0 Å². The van der Waals surface area contributed by atoms with Crippen LogP contribution in [0.5, 0.6) is 0 Å². The predicted molar refractivity (Wildman–Crippen MR) is 85.1 cm³/mol. The lowest BCUT2D eigenvalue weighted by Crippen LogP contribution is -2.37. The number of hydrogen-bond donors (Lipinski definition) is 2. The number of nitrogen functional groups attached to an aromatic ring is 1. The van der Waals surface area contributed by atoms with Gasteiger partial charge in [0.1, 0.15) is 0 Å². The van der Waals surface area contributed by atoms with E-state index < -0.39 is 0 Å². The Morgan fingerprint density at radius 1 is 1.35 bits per heavy atom. The van der Waals surface area contributed by atoms with Gasteiger partial charge in [-0.1, -0.05) is 19.3 Å². The minimum Gasteiger partial charge on any atom is -0.353 e. The maximum Gasteiger partial charge on any atom is 0.239 e. The first-order valence-electron chi connectivity index (χ1n) is 7.32. The van der Waals surface area contributed by atoms with Crippen LogP contribution >= 0.6 is 11.3 Å². The van der Waals surface area contributed by atoms with Crippen molar-refractivity contribution in [1.29, 1.82) is 0 Å². The third-order valence-electron chi connectivity index (χ3n) is 4.04. The summed E-state index contributed by atoms with van der Waals surface area (Å²) < 4.78 is 1.16. The van der Waals surface area contributed by atoms with Crippen LogP contribution in [-0.4, -0.2) is 22.6 Å². The topological polar surface area (TPSA) is 67.1 Å². The van der Waals surface area contributed by atoms with E-state index >= 15 is 0 Å². The summed E-state index contributed by atoms with van der Waals surface area (Å²) >= 11 is 1.71. The monoisotopic (exact) mass is 291 g/mol. The average molecular weight is 291 g/mol. The zero-order chi connectivity index (χ0) is 13.9. The molecule has 20 heavy (non-hydrogen) atoms. The lowest BCUT2D eigenvalue weighted by molar-refractivity contribution is 0.417. The summed E-state index contributed by atoms with van der Waals surface area (Å²) in [5.41, 5.74) is 3.56. The molecule has 2 aromatic rings. The molecule has 2 aromatic heterocycles. The number of thiophene rings is 1. The van der Waals surface area contributed by atoms with E-state index in [2.05, 4.69) is 32.6 Å². The number of aromatic nitrogens is 2. The molecule has 3 rings (SSSR count). The zero-order valence-corrected chi connectivity index (χ0v) is 12.6. The van der Waals surface area contributed by atoms with Gasteiger partial charge in [0.2, 0.25) is 5.95 Å². The summed E-state index contributed by atoms with van der Waals surface area (Å²) in [5.74, 6) is 7.04. The third kappa shape index (κ3) is 2.45. The lowest BCUT2D eigenvalue weighted by Gasteiger charge is -2.34. The number of nitrogens with zero attached hydrogens (tertiary/aromatic N) is 3. The molecule has 0 atom stereocenters. The first kappa shape index (κ1) is 13.6. The summed E-state index contributed by atoms with van der Waals surface area (Å²) in [7, 11) is 0. The van der Waals surface area contributed by atoms with Gasteiger partial charge in [0, 0.05) is 12.6 Å². The molecule has 0 aliphatic heterocycles. The summed E-state index contributed by atoms with van der Waals surface area (Å²) in [6.07, 6.45) is 6.53. The second kappa shape index (κ2) is 5.93. The Morgan fingerprint density at radius 3 is 2.85 bits per heavy atom. The number of nitrogens with one attached hydrogen (secondary N) is 1. The van der Waals surface area contributed by atoms with Crippen LogP contribution in [0.15, 0.2) is 11.4 Å². The molecule has 6 heteroatoms. The predicted octanol–water partition coefficient (Wildman–Crippen LogP) is 3.14. The van der Waals surface area contributed by atoms with Crippen molar-refractivity contribution in [2.45, 2.75) is 45.1 Å². The molecular formula is C14H21N5S. The molecule has 3 N–H and O–H groups in total. The van der Waals surface area contributed by atoms with Crippen molar-refractivity contribution in [3.8, 4) is 0 Å². The first-order chi connectivity index (χ1) is 9.83. The number of nitrogens with two attached hydrogens (primary N) is 1. The van der Waals surface area contributed by atoms with Gasteiger partial charge in [-0.05, 0) is 31.2 Å². The molecule has 0 aromatic carbocycles. The van der Waals surface area contributed by atoms with Crippen LogP contribution in [0.4, 0.5) is 11.8 Å². The van der Waals surface area contributed by atoms with Crippen LogP contribution in [0.1, 0.15) is 39.0 Å². The first-order valence-corrected chi connectivity index (χ1v) is 8.20. The van der Waals surface area contributed by atoms with Crippen molar-refractivity contribution in [2.75, 3.05) is 16.9 Å². The quantitative estimate of drug-likeness (QED) is 0.669. The van der Waals surface area contributed by atoms with Crippen LogP contribution in [0.25, 0.3) is 10.2 Å². The standard InChI is InChI=1S/C14H21N5S/c1-2-19(10-6-4-3-5-7-10)13-12-11(8-9-20-12)16-14(17-13)18-15/h8-10H,2-7,15H2,1H3,(H,16,17,18). The van der Waals surface area contributed by atoms with Gasteiger partial charge in [0.25, 0.3) is 0 Å². The Labute approximate surface area is 123 Å². The van der Waals surface area contributed by atoms with E-state index in [0.717, 1.165) is 22.6 Å². The molecule has 0 spiro atoms. The molecule has 1 fully saturated rings. The Balaban J connectivity index is 2.03. The van der Waals surface area contributed by atoms with Gasteiger partial charge in [-0.15, -0.1) is 11.3 Å². The fraction of sp³-hybridized carbons (Fsp3) is 0.571. The summed E-state index contributed by atoms with van der Waals surface area (Å²) in [6, 6.07) is 2.63. The highest BCUT2D eigenvalue weighted by molar-refractivity contribution is 7.17. The fourth-order valence-electron chi connectivity index (χ4n) is 3.08. The lowest BCUT2D eigenvalue weighted by atomic mass is 9.94. The molecule has 0 amide bonds. The van der Waals surface area contributed by atoms with E-state index in [1.54, 1.807) is 11.3 Å². The minimum atomic E-state index is 0.500. The number of anilines is 2. The molecule has 0 unspecified atom stereocenters. The highest BCUT2D eigenvalue weighted by atomic mass is 32.1. The second-order valence-electron chi connectivity index (χ2n) is 5.23. The molecule has 1 saturated carbocycles. The summed E-state index contributed by atoms with van der Waals surface area (Å²) in [4.78, 5) is 11.5. The van der Waals surface area contributed by atoms with Crippen LogP contribution in [-0.2, 0) is 0 Å². The minimum absolute atomic E-state index is 0.500. The summed E-state index contributed by atoms with van der Waals surface area (Å²) in [6.45, 7) is 3.17. The van der Waals surface area contributed by atoms with Crippen molar-refractivity contribution >= 4 is 33.3 Å². The van der Waals surface area contributed by atoms with E-state index in [-0.39, 0.29) is 0 Å². The Morgan fingerprint density at radius 2 is 2.15 bits per heavy atom. The van der Waals surface area contributed by atoms with Crippen molar-refractivity contribution in [1.82, 2.24) is 9.97 Å². The van der Waals surface area contributed by atoms with Crippen LogP contribution < -0.4 is 16.2 Å². The smallest absolute Gasteiger partial charge is 0.239 e. The molecule has 108 valence electrons. The van der Waals surface area contributed by atoms with Gasteiger partial charge in [0.05, 0.1) is 10.2 Å². The Hall–Kier alpha value is -1.40. The van der Waals surface area contributed by atoms with E-state index in [4.69, 9.17) is 5.84 Å². The molecule has 0 saturated heterocycles. The third-order valence-corrected chi connectivity index (χ3v) is 4.94. The van der Waals surface area contributed by atoms with Gasteiger partial charge in [-0.2, -0.15) is 4.98 Å². The number of rotatable bonds is 4. The van der Waals surface area contributed by atoms with E-state index in [1.807, 2.05) is 6.07 Å². The molecular weight excluding hydrogens is 270 g/mol.